The summed E-state index contributed by atoms with van der Waals surface area (Å²) in [5, 5.41) is 5.85. The van der Waals surface area contributed by atoms with E-state index in [0.29, 0.717) is 36.1 Å². The maximum Gasteiger partial charge on any atom is 0.321 e. The van der Waals surface area contributed by atoms with Gasteiger partial charge < -0.3 is 25.0 Å². The lowest BCUT2D eigenvalue weighted by Crippen LogP contribution is -2.34. The van der Waals surface area contributed by atoms with E-state index in [-0.39, 0.29) is 11.9 Å². The molecule has 3 aliphatic rings. The van der Waals surface area contributed by atoms with Gasteiger partial charge in [-0.05, 0) is 55.2 Å². The number of hydrogen-bond acceptors (Lipinski definition) is 4. The first-order valence-electron chi connectivity index (χ1n) is 9.78. The lowest BCUT2D eigenvalue weighted by atomic mass is 9.85. The van der Waals surface area contributed by atoms with Gasteiger partial charge in [0, 0.05) is 38.4 Å². The van der Waals surface area contributed by atoms with Crippen molar-refractivity contribution in [1.29, 1.82) is 0 Å². The molecular formula is C20H27N3O4. The Morgan fingerprint density at radius 2 is 2.04 bits per heavy atom. The molecule has 1 unspecified atom stereocenters. The minimum atomic E-state index is -0.107. The van der Waals surface area contributed by atoms with Gasteiger partial charge in [0.25, 0.3) is 0 Å². The van der Waals surface area contributed by atoms with Gasteiger partial charge >= 0.3 is 6.03 Å². The summed E-state index contributed by atoms with van der Waals surface area (Å²) >= 11 is 0. The van der Waals surface area contributed by atoms with Crippen LogP contribution in [-0.4, -0.2) is 50.3 Å². The van der Waals surface area contributed by atoms with E-state index < -0.39 is 0 Å². The van der Waals surface area contributed by atoms with Crippen LogP contribution in [0.15, 0.2) is 12.1 Å². The van der Waals surface area contributed by atoms with Crippen LogP contribution in [0.25, 0.3) is 0 Å². The Hall–Kier alpha value is -2.28. The SMILES string of the molecule is COc1cc2c(cc1NC(=O)N1CCC(C3CCOCC3)C1)NC(=O)CC2. The standard InChI is InChI=1S/C20H27N3O4/c1-26-18-10-14-2-3-19(24)21-16(14)11-17(18)22-20(25)23-7-4-15(12-23)13-5-8-27-9-6-13/h10-11,13,15H,2-9,12H2,1H3,(H,21,24)(H,22,25). The van der Waals surface area contributed by atoms with Gasteiger partial charge in [0.2, 0.25) is 5.91 Å². The number of nitrogens with zero attached hydrogens (tertiary/aromatic N) is 1. The molecule has 3 aliphatic heterocycles. The molecule has 27 heavy (non-hydrogen) atoms. The maximum atomic E-state index is 12.8. The van der Waals surface area contributed by atoms with Crippen LogP contribution in [-0.2, 0) is 16.0 Å². The zero-order valence-corrected chi connectivity index (χ0v) is 15.8. The van der Waals surface area contributed by atoms with Crippen molar-refractivity contribution >= 4 is 23.3 Å². The number of nitrogens with one attached hydrogen (secondary N) is 2. The fourth-order valence-electron chi connectivity index (χ4n) is 4.41. The van der Waals surface area contributed by atoms with E-state index in [1.165, 1.54) is 0 Å². The van der Waals surface area contributed by atoms with Crippen LogP contribution in [0.5, 0.6) is 5.75 Å². The minimum Gasteiger partial charge on any atom is -0.495 e. The van der Waals surface area contributed by atoms with Crippen molar-refractivity contribution in [3.63, 3.8) is 0 Å². The zero-order chi connectivity index (χ0) is 18.8. The van der Waals surface area contributed by atoms with Crippen molar-refractivity contribution in [2.24, 2.45) is 11.8 Å². The number of fused-ring (bicyclic) bond motifs is 1. The summed E-state index contributed by atoms with van der Waals surface area (Å²) in [4.78, 5) is 26.3. The van der Waals surface area contributed by atoms with Crippen LogP contribution in [0.1, 0.15) is 31.2 Å². The third kappa shape index (κ3) is 3.88. The van der Waals surface area contributed by atoms with E-state index in [9.17, 15) is 9.59 Å². The first kappa shape index (κ1) is 18.1. The monoisotopic (exact) mass is 373 g/mol. The highest BCUT2D eigenvalue weighted by Crippen LogP contribution is 2.35. The molecule has 3 amide bonds. The number of amides is 3. The van der Waals surface area contributed by atoms with Crippen LogP contribution in [0, 0.1) is 11.8 Å². The maximum absolute atomic E-state index is 12.8. The Morgan fingerprint density at radius 1 is 1.22 bits per heavy atom. The predicted octanol–water partition coefficient (Wildman–Crippen LogP) is 2.86. The Kier molecular flexibility index (Phi) is 5.20. The molecule has 2 saturated heterocycles. The minimum absolute atomic E-state index is 0.00351. The van der Waals surface area contributed by atoms with Crippen molar-refractivity contribution in [1.82, 2.24) is 4.90 Å². The zero-order valence-electron chi connectivity index (χ0n) is 15.8. The lowest BCUT2D eigenvalue weighted by molar-refractivity contribution is -0.116. The number of methoxy groups -OCH3 is 1. The van der Waals surface area contributed by atoms with Crippen molar-refractivity contribution < 1.29 is 19.1 Å². The quantitative estimate of drug-likeness (QED) is 0.854. The van der Waals surface area contributed by atoms with E-state index in [0.717, 1.165) is 56.8 Å². The van der Waals surface area contributed by atoms with E-state index >= 15 is 0 Å². The molecule has 0 aliphatic carbocycles. The topological polar surface area (TPSA) is 79.9 Å². The van der Waals surface area contributed by atoms with Crippen molar-refractivity contribution in [2.45, 2.75) is 32.1 Å². The van der Waals surface area contributed by atoms with Crippen LogP contribution in [0.2, 0.25) is 0 Å². The van der Waals surface area contributed by atoms with Gasteiger partial charge in [-0.15, -0.1) is 0 Å². The number of benzene rings is 1. The second kappa shape index (κ2) is 7.76. The second-order valence-electron chi connectivity index (χ2n) is 7.63. The molecule has 4 rings (SSSR count). The van der Waals surface area contributed by atoms with Crippen molar-refractivity contribution in [2.75, 3.05) is 44.0 Å². The Labute approximate surface area is 159 Å². The summed E-state index contributed by atoms with van der Waals surface area (Å²) in [7, 11) is 1.59. The van der Waals surface area contributed by atoms with E-state index in [1.54, 1.807) is 13.2 Å². The number of carbonyl (C=O) groups is 2. The van der Waals surface area contributed by atoms with E-state index in [2.05, 4.69) is 10.6 Å². The molecule has 1 atom stereocenters. The molecular weight excluding hydrogens is 346 g/mol. The molecule has 0 saturated carbocycles. The molecule has 0 aromatic heterocycles. The number of rotatable bonds is 3. The van der Waals surface area contributed by atoms with Gasteiger partial charge in [-0.2, -0.15) is 0 Å². The largest absolute Gasteiger partial charge is 0.495 e. The Bertz CT molecular complexity index is 730. The van der Waals surface area contributed by atoms with Crippen LogP contribution in [0.4, 0.5) is 16.2 Å². The van der Waals surface area contributed by atoms with Gasteiger partial charge in [0.15, 0.2) is 0 Å². The molecule has 1 aromatic carbocycles. The number of hydrogen-bond donors (Lipinski definition) is 2. The fourth-order valence-corrected chi connectivity index (χ4v) is 4.41. The van der Waals surface area contributed by atoms with Crippen molar-refractivity contribution in [3.8, 4) is 5.75 Å². The average Bonchev–Trinajstić information content (AvgIpc) is 3.18. The van der Waals surface area contributed by atoms with Crippen LogP contribution >= 0.6 is 0 Å². The van der Waals surface area contributed by atoms with Crippen LogP contribution in [0.3, 0.4) is 0 Å². The number of aryl methyl sites for hydroxylation is 1. The number of carbonyl (C=O) groups excluding carboxylic acids is 2. The Morgan fingerprint density at radius 3 is 2.81 bits per heavy atom. The molecule has 0 spiro atoms. The van der Waals surface area contributed by atoms with E-state index in [4.69, 9.17) is 9.47 Å². The van der Waals surface area contributed by atoms with Gasteiger partial charge in [-0.3, -0.25) is 4.79 Å². The van der Waals surface area contributed by atoms with Gasteiger partial charge in [-0.25, -0.2) is 4.79 Å². The molecule has 2 fully saturated rings. The van der Waals surface area contributed by atoms with Gasteiger partial charge in [0.05, 0.1) is 12.8 Å². The molecule has 146 valence electrons. The first-order chi connectivity index (χ1) is 13.1. The third-order valence-electron chi connectivity index (χ3n) is 6.01. The third-order valence-corrected chi connectivity index (χ3v) is 6.01. The molecule has 7 heteroatoms. The van der Waals surface area contributed by atoms with Crippen molar-refractivity contribution in [3.05, 3.63) is 17.7 Å². The Balaban J connectivity index is 1.43. The summed E-state index contributed by atoms with van der Waals surface area (Å²) in [6.45, 7) is 3.25. The second-order valence-corrected chi connectivity index (χ2v) is 7.63. The average molecular weight is 373 g/mol. The summed E-state index contributed by atoms with van der Waals surface area (Å²) in [5.41, 5.74) is 2.38. The van der Waals surface area contributed by atoms with Gasteiger partial charge in [-0.1, -0.05) is 0 Å². The normalized spacial score (nSPS) is 22.9. The molecule has 7 nitrogen and oxygen atoms in total. The number of anilines is 2. The molecule has 1 aromatic rings. The highest BCUT2D eigenvalue weighted by Gasteiger charge is 2.33. The van der Waals surface area contributed by atoms with Gasteiger partial charge in [0.1, 0.15) is 5.75 Å². The molecule has 3 heterocycles. The number of likely N-dealkylation sites (tertiary alicyclic amines) is 1. The fraction of sp³-hybridized carbons (Fsp3) is 0.600. The highest BCUT2D eigenvalue weighted by atomic mass is 16.5. The first-order valence-corrected chi connectivity index (χ1v) is 9.78. The number of ether oxygens (including phenoxy) is 2. The molecule has 2 N–H and O–H groups in total. The van der Waals surface area contributed by atoms with Crippen LogP contribution < -0.4 is 15.4 Å². The van der Waals surface area contributed by atoms with E-state index in [1.807, 2.05) is 11.0 Å². The summed E-state index contributed by atoms with van der Waals surface area (Å²) < 4.78 is 10.9. The predicted molar refractivity (Wildman–Crippen MR) is 102 cm³/mol. The summed E-state index contributed by atoms with van der Waals surface area (Å²) in [5.74, 6) is 1.84. The molecule has 0 radical (unpaired) electrons. The summed E-state index contributed by atoms with van der Waals surface area (Å²) in [6.07, 6.45) is 4.40. The smallest absolute Gasteiger partial charge is 0.321 e. The molecule has 0 bridgehead atoms. The highest BCUT2D eigenvalue weighted by molar-refractivity contribution is 5.97. The lowest BCUT2D eigenvalue weighted by Gasteiger charge is -2.27. The number of urea groups is 1. The summed E-state index contributed by atoms with van der Waals surface area (Å²) in [6, 6.07) is 3.60.